The number of rotatable bonds is 2. The van der Waals surface area contributed by atoms with Crippen molar-refractivity contribution < 1.29 is 9.21 Å². The topological polar surface area (TPSA) is 104 Å². The Kier molecular flexibility index (Phi) is 1.96. The van der Waals surface area contributed by atoms with E-state index in [1.165, 1.54) is 0 Å². The molecular weight excluding hydrogens is 198 g/mol. The molecule has 0 bridgehead atoms. The number of amides is 1. The molecule has 0 fully saturated rings. The van der Waals surface area contributed by atoms with Gasteiger partial charge < -0.3 is 15.9 Å². The normalized spacial score (nSPS) is 10.7. The quantitative estimate of drug-likeness (QED) is 0.657. The van der Waals surface area contributed by atoms with Crippen LogP contribution in [0.2, 0.25) is 0 Å². The molecule has 6 heteroatoms. The van der Waals surface area contributed by atoms with Gasteiger partial charge in [-0.05, 0) is 18.2 Å². The molecule has 0 aliphatic carbocycles. The van der Waals surface area contributed by atoms with Crippen molar-refractivity contribution in [1.29, 1.82) is 0 Å². The van der Waals surface area contributed by atoms with E-state index < -0.39 is 11.7 Å². The molecule has 15 heavy (non-hydrogen) atoms. The van der Waals surface area contributed by atoms with E-state index in [9.17, 15) is 9.59 Å². The predicted molar refractivity (Wildman–Crippen MR) is 54.1 cm³/mol. The van der Waals surface area contributed by atoms with Crippen molar-refractivity contribution in [2.45, 2.75) is 6.54 Å². The lowest BCUT2D eigenvalue weighted by Gasteiger charge is -1.98. The Morgan fingerprint density at radius 2 is 2.20 bits per heavy atom. The van der Waals surface area contributed by atoms with Crippen LogP contribution < -0.4 is 17.2 Å². The lowest BCUT2D eigenvalue weighted by molar-refractivity contribution is -0.118. The van der Waals surface area contributed by atoms with E-state index >= 15 is 0 Å². The van der Waals surface area contributed by atoms with Gasteiger partial charge >= 0.3 is 5.76 Å². The second-order valence-electron chi connectivity index (χ2n) is 3.15. The van der Waals surface area contributed by atoms with Crippen molar-refractivity contribution in [2.75, 3.05) is 5.73 Å². The van der Waals surface area contributed by atoms with Gasteiger partial charge in [-0.25, -0.2) is 4.79 Å². The van der Waals surface area contributed by atoms with Gasteiger partial charge in [-0.15, -0.1) is 0 Å². The number of aromatic nitrogens is 1. The molecule has 0 unspecified atom stereocenters. The van der Waals surface area contributed by atoms with Gasteiger partial charge in [0.1, 0.15) is 6.54 Å². The standard InChI is InChI=1S/C9H9N3O3/c10-5-1-2-7-6(3-5)12(4-8(11)13)9(14)15-7/h1-3H,4,10H2,(H2,11,13). The molecule has 1 heterocycles. The Labute approximate surface area is 84.1 Å². The molecule has 0 radical (unpaired) electrons. The van der Waals surface area contributed by atoms with Crippen molar-refractivity contribution in [1.82, 2.24) is 4.57 Å². The highest BCUT2D eigenvalue weighted by Crippen LogP contribution is 2.15. The first kappa shape index (κ1) is 9.32. The van der Waals surface area contributed by atoms with Gasteiger partial charge in [-0.1, -0.05) is 0 Å². The first-order valence-corrected chi connectivity index (χ1v) is 4.25. The fourth-order valence-electron chi connectivity index (χ4n) is 1.38. The summed E-state index contributed by atoms with van der Waals surface area (Å²) in [7, 11) is 0. The van der Waals surface area contributed by atoms with Crippen molar-refractivity contribution in [3.63, 3.8) is 0 Å². The average molecular weight is 207 g/mol. The average Bonchev–Trinajstić information content (AvgIpc) is 2.43. The molecule has 78 valence electrons. The highest BCUT2D eigenvalue weighted by molar-refractivity contribution is 5.80. The minimum atomic E-state index is -0.616. The second-order valence-corrected chi connectivity index (χ2v) is 3.15. The lowest BCUT2D eigenvalue weighted by Crippen LogP contribution is -2.24. The molecule has 2 aromatic rings. The number of primary amides is 1. The number of fused-ring (bicyclic) bond motifs is 1. The van der Waals surface area contributed by atoms with Crippen LogP contribution in [0.4, 0.5) is 5.69 Å². The van der Waals surface area contributed by atoms with Crippen LogP contribution in [0.1, 0.15) is 0 Å². The molecule has 0 aliphatic rings. The number of nitrogens with two attached hydrogens (primary N) is 2. The minimum Gasteiger partial charge on any atom is -0.408 e. The van der Waals surface area contributed by atoms with E-state index in [1.54, 1.807) is 18.2 Å². The molecule has 0 aliphatic heterocycles. The van der Waals surface area contributed by atoms with E-state index in [0.717, 1.165) is 4.57 Å². The molecule has 0 saturated carbocycles. The summed E-state index contributed by atoms with van der Waals surface area (Å²) in [4.78, 5) is 22.1. The summed E-state index contributed by atoms with van der Waals surface area (Å²) in [5, 5.41) is 0. The maximum atomic E-state index is 11.3. The summed E-state index contributed by atoms with van der Waals surface area (Å²) in [5.41, 5.74) is 11.9. The van der Waals surface area contributed by atoms with Gasteiger partial charge in [0.2, 0.25) is 5.91 Å². The van der Waals surface area contributed by atoms with Crippen LogP contribution >= 0.6 is 0 Å². The molecule has 4 N–H and O–H groups in total. The van der Waals surface area contributed by atoms with Gasteiger partial charge in [0.25, 0.3) is 0 Å². The van der Waals surface area contributed by atoms with Crippen LogP contribution in [0.3, 0.4) is 0 Å². The largest absolute Gasteiger partial charge is 0.420 e. The fraction of sp³-hybridized carbons (Fsp3) is 0.111. The summed E-state index contributed by atoms with van der Waals surface area (Å²) < 4.78 is 6.05. The number of carbonyl (C=O) groups excluding carboxylic acids is 1. The Hall–Kier alpha value is -2.24. The zero-order valence-electron chi connectivity index (χ0n) is 7.77. The second kappa shape index (κ2) is 3.16. The minimum absolute atomic E-state index is 0.213. The Balaban J connectivity index is 2.70. The van der Waals surface area contributed by atoms with Crippen LogP contribution in [0, 0.1) is 0 Å². The van der Waals surface area contributed by atoms with Crippen LogP contribution in [0.5, 0.6) is 0 Å². The number of hydrogen-bond acceptors (Lipinski definition) is 4. The summed E-state index contributed by atoms with van der Waals surface area (Å²) in [5.74, 6) is -1.23. The van der Waals surface area contributed by atoms with Crippen LogP contribution in [0.25, 0.3) is 11.1 Å². The highest BCUT2D eigenvalue weighted by atomic mass is 16.4. The number of carbonyl (C=O) groups is 1. The molecule has 0 saturated heterocycles. The number of anilines is 1. The molecule has 1 amide bonds. The van der Waals surface area contributed by atoms with E-state index in [-0.39, 0.29) is 6.54 Å². The Morgan fingerprint density at radius 3 is 2.87 bits per heavy atom. The molecule has 1 aromatic heterocycles. The third kappa shape index (κ3) is 1.56. The van der Waals surface area contributed by atoms with Crippen LogP contribution in [0.15, 0.2) is 27.4 Å². The van der Waals surface area contributed by atoms with Gasteiger partial charge in [-0.3, -0.25) is 9.36 Å². The maximum Gasteiger partial charge on any atom is 0.420 e. The summed E-state index contributed by atoms with van der Waals surface area (Å²) in [6, 6.07) is 4.74. The highest BCUT2D eigenvalue weighted by Gasteiger charge is 2.10. The summed E-state index contributed by atoms with van der Waals surface area (Å²) >= 11 is 0. The molecular formula is C9H9N3O3. The Morgan fingerprint density at radius 1 is 1.47 bits per heavy atom. The molecule has 2 rings (SSSR count). The van der Waals surface area contributed by atoms with E-state index in [4.69, 9.17) is 15.9 Å². The smallest absolute Gasteiger partial charge is 0.408 e. The number of nitrogens with zero attached hydrogens (tertiary/aromatic N) is 1. The van der Waals surface area contributed by atoms with Crippen molar-refractivity contribution in [3.05, 3.63) is 28.7 Å². The summed E-state index contributed by atoms with van der Waals surface area (Å²) in [6.07, 6.45) is 0. The predicted octanol–water partition coefficient (Wildman–Crippen LogP) is -0.338. The maximum absolute atomic E-state index is 11.3. The first-order chi connectivity index (χ1) is 7.08. The molecule has 0 spiro atoms. The number of benzene rings is 1. The lowest BCUT2D eigenvalue weighted by atomic mass is 10.3. The van der Waals surface area contributed by atoms with E-state index in [1.807, 2.05) is 0 Å². The first-order valence-electron chi connectivity index (χ1n) is 4.25. The van der Waals surface area contributed by atoms with E-state index in [2.05, 4.69) is 0 Å². The fourth-order valence-corrected chi connectivity index (χ4v) is 1.38. The molecule has 6 nitrogen and oxygen atoms in total. The monoisotopic (exact) mass is 207 g/mol. The van der Waals surface area contributed by atoms with Crippen LogP contribution in [-0.4, -0.2) is 10.5 Å². The third-order valence-electron chi connectivity index (χ3n) is 2.01. The number of hydrogen-bond donors (Lipinski definition) is 2. The molecule has 0 atom stereocenters. The van der Waals surface area contributed by atoms with Crippen molar-refractivity contribution >= 4 is 22.7 Å². The zero-order valence-corrected chi connectivity index (χ0v) is 7.77. The van der Waals surface area contributed by atoms with Gasteiger partial charge in [0.15, 0.2) is 5.58 Å². The van der Waals surface area contributed by atoms with E-state index in [0.29, 0.717) is 16.8 Å². The third-order valence-corrected chi connectivity index (χ3v) is 2.01. The zero-order chi connectivity index (χ0) is 11.0. The number of nitrogen functional groups attached to an aromatic ring is 1. The van der Waals surface area contributed by atoms with Crippen molar-refractivity contribution in [2.24, 2.45) is 5.73 Å². The Bertz CT molecular complexity index is 582. The van der Waals surface area contributed by atoms with Crippen molar-refractivity contribution in [3.8, 4) is 0 Å². The van der Waals surface area contributed by atoms with Gasteiger partial charge in [-0.2, -0.15) is 0 Å². The van der Waals surface area contributed by atoms with Crippen LogP contribution in [-0.2, 0) is 11.3 Å². The van der Waals surface area contributed by atoms with Gasteiger partial charge in [0, 0.05) is 5.69 Å². The number of oxazole rings is 1. The SMILES string of the molecule is NC(=O)Cn1c(=O)oc2ccc(N)cc21. The molecule has 1 aromatic carbocycles. The summed E-state index contributed by atoms with van der Waals surface area (Å²) in [6.45, 7) is -0.213. The van der Waals surface area contributed by atoms with Gasteiger partial charge in [0.05, 0.1) is 5.52 Å².